The highest BCUT2D eigenvalue weighted by Crippen LogP contribution is 2.48. The zero-order valence-electron chi connectivity index (χ0n) is 14.2. The van der Waals surface area contributed by atoms with Crippen LogP contribution in [0.15, 0.2) is 36.7 Å². The Labute approximate surface area is 138 Å². The van der Waals surface area contributed by atoms with E-state index < -0.39 is 0 Å². The largest absolute Gasteiger partial charge is 0.315 e. The molecule has 1 saturated carbocycles. The molecular weight excluding hydrogens is 286 g/mol. The van der Waals surface area contributed by atoms with Gasteiger partial charge in [-0.3, -0.25) is 9.48 Å². The van der Waals surface area contributed by atoms with E-state index in [0.29, 0.717) is 5.92 Å². The molecule has 1 fully saturated rings. The maximum Gasteiger partial charge on any atom is 0.230 e. The molecule has 0 radical (unpaired) electrons. The number of nitrogens with zero attached hydrogens (tertiary/aromatic N) is 3. The van der Waals surface area contributed by atoms with Gasteiger partial charge in [-0.1, -0.05) is 25.5 Å². The standard InChI is InChI=1S/C19H25N3O/c1-4-5-6-14-7-9-16(10-8-14)22(3)19(23)18-11-17(18)15-12-20-21(2)13-15/h7-10,12-13,17-18H,4-6,11H2,1-3H3/t17-,18+/m0/s1. The summed E-state index contributed by atoms with van der Waals surface area (Å²) in [5.74, 6) is 0.645. The third-order valence-electron chi connectivity index (χ3n) is 4.73. The number of hydrogen-bond donors (Lipinski definition) is 0. The van der Waals surface area contributed by atoms with E-state index >= 15 is 0 Å². The fourth-order valence-electron chi connectivity index (χ4n) is 3.11. The van der Waals surface area contributed by atoms with Gasteiger partial charge in [-0.05, 0) is 48.4 Å². The van der Waals surface area contributed by atoms with Crippen LogP contribution in [-0.4, -0.2) is 22.7 Å². The van der Waals surface area contributed by atoms with Crippen molar-refractivity contribution >= 4 is 11.6 Å². The van der Waals surface area contributed by atoms with Crippen molar-refractivity contribution in [3.8, 4) is 0 Å². The van der Waals surface area contributed by atoms with Gasteiger partial charge in [0.25, 0.3) is 0 Å². The lowest BCUT2D eigenvalue weighted by Gasteiger charge is -2.18. The molecule has 2 atom stereocenters. The molecule has 2 aromatic rings. The topological polar surface area (TPSA) is 38.1 Å². The molecule has 0 saturated heterocycles. The number of rotatable bonds is 6. The van der Waals surface area contributed by atoms with Crippen molar-refractivity contribution in [2.24, 2.45) is 13.0 Å². The van der Waals surface area contributed by atoms with Crippen LogP contribution in [0.25, 0.3) is 0 Å². The van der Waals surface area contributed by atoms with Crippen LogP contribution in [0.4, 0.5) is 5.69 Å². The van der Waals surface area contributed by atoms with Gasteiger partial charge in [0.1, 0.15) is 0 Å². The van der Waals surface area contributed by atoms with E-state index in [4.69, 9.17) is 0 Å². The molecule has 0 aliphatic heterocycles. The molecule has 1 amide bonds. The number of hydrogen-bond acceptors (Lipinski definition) is 2. The molecule has 23 heavy (non-hydrogen) atoms. The summed E-state index contributed by atoms with van der Waals surface area (Å²) in [7, 11) is 3.79. The molecule has 1 aromatic heterocycles. The van der Waals surface area contributed by atoms with Crippen molar-refractivity contribution in [2.75, 3.05) is 11.9 Å². The molecule has 0 N–H and O–H groups in total. The summed E-state index contributed by atoms with van der Waals surface area (Å²) in [6, 6.07) is 8.40. The summed E-state index contributed by atoms with van der Waals surface area (Å²) in [5.41, 5.74) is 3.50. The predicted molar refractivity (Wildman–Crippen MR) is 92.5 cm³/mol. The van der Waals surface area contributed by atoms with Crippen molar-refractivity contribution < 1.29 is 4.79 Å². The van der Waals surface area contributed by atoms with Gasteiger partial charge < -0.3 is 4.90 Å². The Morgan fingerprint density at radius 3 is 2.70 bits per heavy atom. The Morgan fingerprint density at radius 1 is 1.35 bits per heavy atom. The summed E-state index contributed by atoms with van der Waals surface area (Å²) in [4.78, 5) is 14.4. The minimum Gasteiger partial charge on any atom is -0.315 e. The lowest BCUT2D eigenvalue weighted by molar-refractivity contribution is -0.119. The zero-order valence-corrected chi connectivity index (χ0v) is 14.2. The summed E-state index contributed by atoms with van der Waals surface area (Å²) in [5, 5.41) is 4.20. The molecule has 1 aliphatic carbocycles. The number of anilines is 1. The second-order valence-electron chi connectivity index (χ2n) is 6.56. The van der Waals surface area contributed by atoms with Crippen molar-refractivity contribution in [1.82, 2.24) is 9.78 Å². The first-order chi connectivity index (χ1) is 11.1. The Morgan fingerprint density at radius 2 is 2.09 bits per heavy atom. The normalized spacial score (nSPS) is 19.6. The van der Waals surface area contributed by atoms with Gasteiger partial charge in [-0.25, -0.2) is 0 Å². The molecule has 1 heterocycles. The molecule has 0 unspecified atom stereocenters. The van der Waals surface area contributed by atoms with Gasteiger partial charge in [-0.2, -0.15) is 5.10 Å². The van der Waals surface area contributed by atoms with Gasteiger partial charge in [0.05, 0.1) is 6.20 Å². The lowest BCUT2D eigenvalue weighted by atomic mass is 10.1. The van der Waals surface area contributed by atoms with Gasteiger partial charge in [-0.15, -0.1) is 0 Å². The highest BCUT2D eigenvalue weighted by molar-refractivity contribution is 5.97. The Bertz CT molecular complexity index is 674. The zero-order chi connectivity index (χ0) is 16.4. The molecule has 4 nitrogen and oxygen atoms in total. The minimum absolute atomic E-state index is 0.101. The van der Waals surface area contributed by atoms with Crippen LogP contribution in [0.1, 0.15) is 43.2 Å². The van der Waals surface area contributed by atoms with Gasteiger partial charge in [0, 0.05) is 31.9 Å². The Balaban J connectivity index is 1.62. The molecule has 1 aliphatic rings. The fraction of sp³-hybridized carbons (Fsp3) is 0.474. The molecule has 0 spiro atoms. The Kier molecular flexibility index (Phi) is 4.51. The van der Waals surface area contributed by atoms with E-state index in [-0.39, 0.29) is 11.8 Å². The average molecular weight is 311 g/mol. The van der Waals surface area contributed by atoms with E-state index in [0.717, 1.165) is 18.5 Å². The maximum absolute atomic E-state index is 12.7. The number of benzene rings is 1. The van der Waals surface area contributed by atoms with E-state index in [2.05, 4.69) is 36.3 Å². The van der Waals surface area contributed by atoms with Crippen molar-refractivity contribution in [1.29, 1.82) is 0 Å². The Hall–Kier alpha value is -2.10. The van der Waals surface area contributed by atoms with Crippen LogP contribution in [0, 0.1) is 5.92 Å². The van der Waals surface area contributed by atoms with E-state index in [1.165, 1.54) is 24.0 Å². The highest BCUT2D eigenvalue weighted by Gasteiger charge is 2.46. The van der Waals surface area contributed by atoms with Gasteiger partial charge in [0.2, 0.25) is 5.91 Å². The number of aryl methyl sites for hydroxylation is 2. The second-order valence-corrected chi connectivity index (χ2v) is 6.56. The second kappa shape index (κ2) is 6.57. The first kappa shape index (κ1) is 15.8. The summed E-state index contributed by atoms with van der Waals surface area (Å²) < 4.78 is 1.80. The van der Waals surface area contributed by atoms with Crippen LogP contribution < -0.4 is 4.90 Å². The third kappa shape index (κ3) is 3.46. The quantitative estimate of drug-likeness (QED) is 0.818. The van der Waals surface area contributed by atoms with Crippen LogP contribution >= 0.6 is 0 Å². The van der Waals surface area contributed by atoms with E-state index in [9.17, 15) is 4.79 Å². The third-order valence-corrected chi connectivity index (χ3v) is 4.73. The number of carbonyl (C=O) groups excluding carboxylic acids is 1. The fourth-order valence-corrected chi connectivity index (χ4v) is 3.11. The predicted octanol–water partition coefficient (Wildman–Crippen LogP) is 3.53. The number of unbranched alkanes of at least 4 members (excludes halogenated alkanes) is 1. The SMILES string of the molecule is CCCCc1ccc(N(C)C(=O)[C@@H]2C[C@H]2c2cnn(C)c2)cc1. The smallest absolute Gasteiger partial charge is 0.230 e. The summed E-state index contributed by atoms with van der Waals surface area (Å²) in [6.07, 6.45) is 8.35. The number of aromatic nitrogens is 2. The van der Waals surface area contributed by atoms with Crippen molar-refractivity contribution in [3.63, 3.8) is 0 Å². The van der Waals surface area contributed by atoms with Crippen LogP contribution in [0.3, 0.4) is 0 Å². The van der Waals surface area contributed by atoms with Crippen LogP contribution in [0.2, 0.25) is 0 Å². The minimum atomic E-state index is 0.101. The van der Waals surface area contributed by atoms with Gasteiger partial charge in [0.15, 0.2) is 0 Å². The first-order valence-electron chi connectivity index (χ1n) is 8.45. The van der Waals surface area contributed by atoms with Crippen molar-refractivity contribution in [2.45, 2.75) is 38.5 Å². The highest BCUT2D eigenvalue weighted by atomic mass is 16.2. The molecule has 1 aromatic carbocycles. The van der Waals surface area contributed by atoms with Crippen LogP contribution in [0.5, 0.6) is 0 Å². The molecule has 0 bridgehead atoms. The molecular formula is C19H25N3O. The van der Waals surface area contributed by atoms with Gasteiger partial charge >= 0.3 is 0 Å². The van der Waals surface area contributed by atoms with Crippen LogP contribution in [-0.2, 0) is 18.3 Å². The summed E-state index contributed by atoms with van der Waals surface area (Å²) >= 11 is 0. The molecule has 122 valence electrons. The molecule has 4 heteroatoms. The number of amides is 1. The van der Waals surface area contributed by atoms with Crippen molar-refractivity contribution in [3.05, 3.63) is 47.8 Å². The van der Waals surface area contributed by atoms with E-state index in [1.807, 2.05) is 26.5 Å². The average Bonchev–Trinajstić information content (AvgIpc) is 3.26. The summed E-state index contributed by atoms with van der Waals surface area (Å²) in [6.45, 7) is 2.20. The molecule has 3 rings (SSSR count). The maximum atomic E-state index is 12.7. The number of carbonyl (C=O) groups is 1. The monoisotopic (exact) mass is 311 g/mol. The van der Waals surface area contributed by atoms with E-state index in [1.54, 1.807) is 9.58 Å². The first-order valence-corrected chi connectivity index (χ1v) is 8.45. The lowest BCUT2D eigenvalue weighted by Crippen LogP contribution is -2.28.